The molecule has 16 heavy (non-hydrogen) atoms. The van der Waals surface area contributed by atoms with Crippen molar-refractivity contribution in [2.45, 2.75) is 26.2 Å². The Morgan fingerprint density at radius 3 is 2.31 bits per heavy atom. The van der Waals surface area contributed by atoms with Crippen molar-refractivity contribution in [3.63, 3.8) is 0 Å². The summed E-state index contributed by atoms with van der Waals surface area (Å²) in [5.74, 6) is 5.25. The molecule has 1 aromatic rings. The molecular formula is C10H17N3O3. The summed E-state index contributed by atoms with van der Waals surface area (Å²) in [6, 6.07) is 8.24. The first-order chi connectivity index (χ1) is 7.60. The summed E-state index contributed by atoms with van der Waals surface area (Å²) in [5.41, 5.74) is 4.96. The van der Waals surface area contributed by atoms with Crippen LogP contribution in [0.3, 0.4) is 0 Å². The van der Waals surface area contributed by atoms with Gasteiger partial charge in [-0.1, -0.05) is 25.5 Å². The molecule has 0 unspecified atom stereocenters. The molecule has 0 radical (unpaired) electrons. The van der Waals surface area contributed by atoms with E-state index in [0.29, 0.717) is 0 Å². The molecule has 4 N–H and O–H groups in total. The van der Waals surface area contributed by atoms with Crippen molar-refractivity contribution in [1.82, 2.24) is 0 Å². The standard InChI is InChI=1S/C10H16N2.HNO3/c1-2-3-4-9-5-7-10(12-11)8-6-9;2-1(3)4/h5-8,12H,2-4,11H2,1H3;(H,2,3,4). The van der Waals surface area contributed by atoms with Crippen molar-refractivity contribution in [2.75, 3.05) is 5.43 Å². The second kappa shape index (κ2) is 8.49. The number of hydrogen-bond donors (Lipinski definition) is 3. The van der Waals surface area contributed by atoms with Crippen molar-refractivity contribution < 1.29 is 10.3 Å². The number of nitrogen functional groups attached to an aromatic ring is 1. The molecule has 90 valence electrons. The SMILES string of the molecule is CCCCc1ccc(NN)cc1.O=[N+]([O-])O. The predicted octanol–water partition coefficient (Wildman–Crippen LogP) is 1.97. The van der Waals surface area contributed by atoms with Crippen LogP contribution in [-0.4, -0.2) is 10.3 Å². The van der Waals surface area contributed by atoms with Crippen molar-refractivity contribution in [3.8, 4) is 0 Å². The zero-order valence-corrected chi connectivity index (χ0v) is 9.22. The summed E-state index contributed by atoms with van der Waals surface area (Å²) in [6.07, 6.45) is 3.67. The van der Waals surface area contributed by atoms with E-state index in [0.717, 1.165) is 5.69 Å². The maximum atomic E-state index is 8.36. The average Bonchev–Trinajstić information content (AvgIpc) is 2.26. The Hall–Kier alpha value is -1.82. The van der Waals surface area contributed by atoms with Crippen molar-refractivity contribution >= 4 is 5.69 Å². The Kier molecular flexibility index (Phi) is 7.52. The highest BCUT2D eigenvalue weighted by Crippen LogP contribution is 2.10. The van der Waals surface area contributed by atoms with Crippen LogP contribution in [0, 0.1) is 10.1 Å². The topological polar surface area (TPSA) is 101 Å². The summed E-state index contributed by atoms with van der Waals surface area (Å²) in [4.78, 5) is 8.36. The molecule has 0 fully saturated rings. The smallest absolute Gasteiger partial charge is 0.291 e. The highest BCUT2D eigenvalue weighted by molar-refractivity contribution is 5.43. The van der Waals surface area contributed by atoms with E-state index in [1.807, 2.05) is 12.1 Å². The number of nitrogens with one attached hydrogen (secondary N) is 1. The maximum Gasteiger partial charge on any atom is 0.291 e. The van der Waals surface area contributed by atoms with E-state index in [4.69, 9.17) is 21.2 Å². The van der Waals surface area contributed by atoms with Crippen LogP contribution in [0.2, 0.25) is 0 Å². The number of aryl methyl sites for hydroxylation is 1. The van der Waals surface area contributed by atoms with Crippen LogP contribution in [0.1, 0.15) is 25.3 Å². The van der Waals surface area contributed by atoms with E-state index in [1.54, 1.807) is 0 Å². The lowest BCUT2D eigenvalue weighted by Crippen LogP contribution is -2.06. The van der Waals surface area contributed by atoms with E-state index in [9.17, 15) is 0 Å². The third-order valence-electron chi connectivity index (χ3n) is 1.94. The van der Waals surface area contributed by atoms with Crippen molar-refractivity contribution in [1.29, 1.82) is 0 Å². The molecule has 0 aliphatic carbocycles. The lowest BCUT2D eigenvalue weighted by molar-refractivity contribution is -0.742. The maximum absolute atomic E-state index is 8.36. The molecule has 0 aromatic heterocycles. The quantitative estimate of drug-likeness (QED) is 0.414. The first kappa shape index (κ1) is 14.2. The van der Waals surface area contributed by atoms with Gasteiger partial charge in [-0.25, -0.2) is 0 Å². The number of nitrogens with two attached hydrogens (primary N) is 1. The van der Waals surface area contributed by atoms with E-state index in [-0.39, 0.29) is 0 Å². The second-order valence-electron chi connectivity index (χ2n) is 3.18. The van der Waals surface area contributed by atoms with Gasteiger partial charge in [0.2, 0.25) is 0 Å². The molecule has 0 aliphatic heterocycles. The van der Waals surface area contributed by atoms with Crippen molar-refractivity contribution in [2.24, 2.45) is 5.84 Å². The van der Waals surface area contributed by atoms with Gasteiger partial charge >= 0.3 is 0 Å². The number of anilines is 1. The molecule has 0 bridgehead atoms. The molecular weight excluding hydrogens is 210 g/mol. The zero-order chi connectivity index (χ0) is 12.4. The Balaban J connectivity index is 0.000000487. The Morgan fingerprint density at radius 1 is 1.44 bits per heavy atom. The molecule has 0 heterocycles. The number of rotatable bonds is 4. The number of hydrazine groups is 1. The lowest BCUT2D eigenvalue weighted by atomic mass is 10.1. The minimum atomic E-state index is -1.50. The first-order valence-corrected chi connectivity index (χ1v) is 4.99. The largest absolute Gasteiger partial charge is 0.328 e. The fourth-order valence-electron chi connectivity index (χ4n) is 1.15. The third-order valence-corrected chi connectivity index (χ3v) is 1.94. The van der Waals surface area contributed by atoms with Crippen molar-refractivity contribution in [3.05, 3.63) is 39.9 Å². The predicted molar refractivity (Wildman–Crippen MR) is 61.6 cm³/mol. The normalized spacial score (nSPS) is 8.88. The summed E-state index contributed by atoms with van der Waals surface area (Å²) in [5, 5.41) is 13.6. The van der Waals surface area contributed by atoms with Gasteiger partial charge in [0.25, 0.3) is 5.09 Å². The monoisotopic (exact) mass is 227 g/mol. The number of unbranched alkanes of at least 4 members (excludes halogenated alkanes) is 1. The van der Waals surface area contributed by atoms with Crippen LogP contribution in [0.5, 0.6) is 0 Å². The average molecular weight is 227 g/mol. The molecule has 0 spiro atoms. The van der Waals surface area contributed by atoms with E-state index in [1.165, 1.54) is 24.8 Å². The molecule has 0 saturated heterocycles. The van der Waals surface area contributed by atoms with Gasteiger partial charge in [-0.2, -0.15) is 0 Å². The summed E-state index contributed by atoms with van der Waals surface area (Å²) in [6.45, 7) is 2.20. The fourth-order valence-corrected chi connectivity index (χ4v) is 1.15. The van der Waals surface area contributed by atoms with Crippen LogP contribution < -0.4 is 11.3 Å². The third kappa shape index (κ3) is 7.57. The van der Waals surface area contributed by atoms with Crippen LogP contribution >= 0.6 is 0 Å². The van der Waals surface area contributed by atoms with E-state index in [2.05, 4.69) is 24.5 Å². The molecule has 1 rings (SSSR count). The Labute approximate surface area is 94.2 Å². The molecule has 0 saturated carbocycles. The second-order valence-corrected chi connectivity index (χ2v) is 3.18. The van der Waals surface area contributed by atoms with Crippen LogP contribution in [0.4, 0.5) is 5.69 Å². The fraction of sp³-hybridized carbons (Fsp3) is 0.400. The van der Waals surface area contributed by atoms with E-state index >= 15 is 0 Å². The summed E-state index contributed by atoms with van der Waals surface area (Å²) in [7, 11) is 0. The number of hydrogen-bond acceptors (Lipinski definition) is 4. The van der Waals surface area contributed by atoms with Gasteiger partial charge in [-0.05, 0) is 30.5 Å². The summed E-state index contributed by atoms with van der Waals surface area (Å²) < 4.78 is 0. The lowest BCUT2D eigenvalue weighted by Gasteiger charge is -2.02. The van der Waals surface area contributed by atoms with Gasteiger partial charge in [0.1, 0.15) is 0 Å². The Bertz CT molecular complexity index is 297. The van der Waals surface area contributed by atoms with Gasteiger partial charge < -0.3 is 10.6 Å². The van der Waals surface area contributed by atoms with Crippen LogP contribution in [0.15, 0.2) is 24.3 Å². The minimum absolute atomic E-state index is 0.968. The van der Waals surface area contributed by atoms with Gasteiger partial charge in [0, 0.05) is 5.69 Å². The van der Waals surface area contributed by atoms with Gasteiger partial charge in [0.15, 0.2) is 0 Å². The molecule has 0 atom stereocenters. The first-order valence-electron chi connectivity index (χ1n) is 4.99. The zero-order valence-electron chi connectivity index (χ0n) is 9.22. The Morgan fingerprint density at radius 2 is 1.94 bits per heavy atom. The van der Waals surface area contributed by atoms with Gasteiger partial charge in [-0.15, -0.1) is 10.1 Å². The van der Waals surface area contributed by atoms with Gasteiger partial charge in [-0.3, -0.25) is 5.84 Å². The van der Waals surface area contributed by atoms with Gasteiger partial charge in [0.05, 0.1) is 0 Å². The molecule has 6 heteroatoms. The van der Waals surface area contributed by atoms with Crippen LogP contribution in [0.25, 0.3) is 0 Å². The molecule has 1 aromatic carbocycles. The highest BCUT2D eigenvalue weighted by atomic mass is 16.9. The summed E-state index contributed by atoms with van der Waals surface area (Å²) >= 11 is 0. The highest BCUT2D eigenvalue weighted by Gasteiger charge is 1.91. The minimum Gasteiger partial charge on any atom is -0.328 e. The van der Waals surface area contributed by atoms with Crippen LogP contribution in [-0.2, 0) is 6.42 Å². The molecule has 0 aliphatic rings. The molecule has 0 amide bonds. The number of nitrogens with zero attached hydrogens (tertiary/aromatic N) is 1. The van der Waals surface area contributed by atoms with E-state index < -0.39 is 5.09 Å². The molecule has 6 nitrogen and oxygen atoms in total. The number of benzene rings is 1.